The van der Waals surface area contributed by atoms with E-state index in [4.69, 9.17) is 4.74 Å². The average molecular weight is 558 g/mol. The van der Waals surface area contributed by atoms with Gasteiger partial charge >= 0.3 is 5.97 Å². The molecule has 3 nitrogen and oxygen atoms in total. The molecule has 0 N–H and O–H groups in total. The molecular formula is C37H67NO2. The van der Waals surface area contributed by atoms with Gasteiger partial charge in [0.05, 0.1) is 0 Å². The van der Waals surface area contributed by atoms with Gasteiger partial charge in [-0.3, -0.25) is 4.79 Å². The Morgan fingerprint density at radius 2 is 1.07 bits per heavy atom. The molecule has 0 bridgehead atoms. The topological polar surface area (TPSA) is 29.5 Å². The number of ether oxygens (including phenoxy) is 1. The molecule has 0 amide bonds. The minimum absolute atomic E-state index is 0.00123. The van der Waals surface area contributed by atoms with Crippen LogP contribution < -0.4 is 0 Å². The van der Waals surface area contributed by atoms with Crippen molar-refractivity contribution >= 4 is 5.97 Å². The Labute approximate surface area is 250 Å². The van der Waals surface area contributed by atoms with E-state index in [0.29, 0.717) is 6.42 Å². The van der Waals surface area contributed by atoms with Crippen molar-refractivity contribution in [2.24, 2.45) is 0 Å². The molecule has 0 aliphatic heterocycles. The van der Waals surface area contributed by atoms with E-state index in [1.54, 1.807) is 0 Å². The summed E-state index contributed by atoms with van der Waals surface area (Å²) < 4.78 is 5.96. The summed E-state index contributed by atoms with van der Waals surface area (Å²) in [6, 6.07) is 0. The fraction of sp³-hybridized carbons (Fsp3) is 0.757. The van der Waals surface area contributed by atoms with E-state index >= 15 is 0 Å². The van der Waals surface area contributed by atoms with Crippen molar-refractivity contribution in [3.8, 4) is 0 Å². The van der Waals surface area contributed by atoms with Crippen molar-refractivity contribution in [3.63, 3.8) is 0 Å². The summed E-state index contributed by atoms with van der Waals surface area (Å²) in [7, 11) is 4.11. The van der Waals surface area contributed by atoms with Crippen molar-refractivity contribution in [2.45, 2.75) is 161 Å². The smallest absolute Gasteiger partial charge is 0.306 e. The molecule has 3 heteroatoms. The van der Waals surface area contributed by atoms with Gasteiger partial charge in [0.15, 0.2) is 0 Å². The van der Waals surface area contributed by atoms with Gasteiger partial charge in [-0.1, -0.05) is 114 Å². The molecule has 0 aliphatic rings. The Morgan fingerprint density at radius 1 is 0.600 bits per heavy atom. The number of unbranched alkanes of at least 4 members (excludes halogenated alkanes) is 12. The molecule has 0 aromatic carbocycles. The molecule has 0 aliphatic carbocycles. The predicted molar refractivity (Wildman–Crippen MR) is 178 cm³/mol. The quantitative estimate of drug-likeness (QED) is 0.0520. The molecule has 0 saturated heterocycles. The first-order chi connectivity index (χ1) is 19.6. The van der Waals surface area contributed by atoms with Gasteiger partial charge in [0.25, 0.3) is 0 Å². The van der Waals surface area contributed by atoms with E-state index in [-0.39, 0.29) is 12.1 Å². The molecular weight excluding hydrogens is 490 g/mol. The monoisotopic (exact) mass is 558 g/mol. The molecule has 232 valence electrons. The molecule has 0 aromatic rings. The number of nitrogens with zero attached hydrogens (tertiary/aromatic N) is 1. The van der Waals surface area contributed by atoms with E-state index in [9.17, 15) is 4.79 Å². The highest BCUT2D eigenvalue weighted by Crippen LogP contribution is 2.18. The van der Waals surface area contributed by atoms with Crippen LogP contribution in [0.2, 0.25) is 0 Å². The second-order valence-corrected chi connectivity index (χ2v) is 11.6. The largest absolute Gasteiger partial charge is 0.462 e. The zero-order chi connectivity index (χ0) is 29.4. The van der Waals surface area contributed by atoms with Gasteiger partial charge in [-0.15, -0.1) is 0 Å². The van der Waals surface area contributed by atoms with Crippen molar-refractivity contribution in [2.75, 3.05) is 20.6 Å². The number of hydrogen-bond acceptors (Lipinski definition) is 3. The molecule has 0 fully saturated rings. The summed E-state index contributed by atoms with van der Waals surface area (Å²) in [5.41, 5.74) is 0. The maximum absolute atomic E-state index is 12.4. The summed E-state index contributed by atoms with van der Waals surface area (Å²) in [5.74, 6) is 0.00123. The van der Waals surface area contributed by atoms with Crippen molar-refractivity contribution < 1.29 is 9.53 Å². The Bertz CT molecular complexity index is 647. The lowest BCUT2D eigenvalue weighted by Gasteiger charge is -2.18. The second-order valence-electron chi connectivity index (χ2n) is 11.6. The Hall–Kier alpha value is -1.61. The fourth-order valence-corrected chi connectivity index (χ4v) is 4.78. The lowest BCUT2D eigenvalue weighted by atomic mass is 10.0. The van der Waals surface area contributed by atoms with Gasteiger partial charge in [0.2, 0.25) is 0 Å². The number of carbonyl (C=O) groups excluding carboxylic acids is 1. The lowest BCUT2D eigenvalue weighted by Crippen LogP contribution is -2.20. The van der Waals surface area contributed by atoms with Gasteiger partial charge in [-0.05, 0) is 104 Å². The van der Waals surface area contributed by atoms with Gasteiger partial charge in [-0.25, -0.2) is 0 Å². The van der Waals surface area contributed by atoms with E-state index in [1.807, 2.05) is 0 Å². The number of carbonyl (C=O) groups is 1. The highest BCUT2D eigenvalue weighted by atomic mass is 16.5. The Kier molecular flexibility index (Phi) is 30.6. The zero-order valence-electron chi connectivity index (χ0n) is 27.2. The van der Waals surface area contributed by atoms with Crippen LogP contribution in [-0.4, -0.2) is 37.6 Å². The van der Waals surface area contributed by atoms with Crippen LogP contribution in [0.1, 0.15) is 155 Å². The highest BCUT2D eigenvalue weighted by Gasteiger charge is 2.14. The summed E-state index contributed by atoms with van der Waals surface area (Å²) >= 11 is 0. The lowest BCUT2D eigenvalue weighted by molar-refractivity contribution is -0.150. The number of rotatable bonds is 29. The van der Waals surface area contributed by atoms with E-state index < -0.39 is 0 Å². The normalized spacial score (nSPS) is 13.1. The second kappa shape index (κ2) is 31.9. The minimum Gasteiger partial charge on any atom is -0.462 e. The van der Waals surface area contributed by atoms with E-state index in [0.717, 1.165) is 45.1 Å². The summed E-state index contributed by atoms with van der Waals surface area (Å²) in [6.07, 6.45) is 44.0. The molecule has 0 spiro atoms. The molecule has 40 heavy (non-hydrogen) atoms. The minimum atomic E-state index is 0.00123. The predicted octanol–water partition coefficient (Wildman–Crippen LogP) is 11.3. The Balaban J connectivity index is 4.06. The number of esters is 1. The van der Waals surface area contributed by atoms with Crippen LogP contribution in [0.15, 0.2) is 48.6 Å². The van der Waals surface area contributed by atoms with Crippen LogP contribution in [0, 0.1) is 0 Å². The molecule has 0 radical (unpaired) electrons. The first kappa shape index (κ1) is 38.4. The number of allylic oxidation sites excluding steroid dienone is 8. The summed E-state index contributed by atoms with van der Waals surface area (Å²) in [4.78, 5) is 14.6. The third kappa shape index (κ3) is 30.9. The van der Waals surface area contributed by atoms with Gasteiger partial charge < -0.3 is 9.64 Å². The van der Waals surface area contributed by atoms with E-state index in [2.05, 4.69) is 81.5 Å². The molecule has 0 rings (SSSR count). The third-order valence-electron chi connectivity index (χ3n) is 7.23. The van der Waals surface area contributed by atoms with Crippen LogP contribution in [0.25, 0.3) is 0 Å². The van der Waals surface area contributed by atoms with Gasteiger partial charge in [0, 0.05) is 6.42 Å². The molecule has 1 atom stereocenters. The molecule has 0 aromatic heterocycles. The zero-order valence-corrected chi connectivity index (χ0v) is 27.2. The van der Waals surface area contributed by atoms with E-state index in [1.165, 1.54) is 96.3 Å². The van der Waals surface area contributed by atoms with Crippen LogP contribution >= 0.6 is 0 Å². The van der Waals surface area contributed by atoms with Crippen LogP contribution in [-0.2, 0) is 9.53 Å². The summed E-state index contributed by atoms with van der Waals surface area (Å²) in [5, 5.41) is 0. The van der Waals surface area contributed by atoms with Gasteiger partial charge in [0.1, 0.15) is 6.10 Å². The van der Waals surface area contributed by atoms with Crippen molar-refractivity contribution in [1.29, 1.82) is 0 Å². The fourth-order valence-electron chi connectivity index (χ4n) is 4.78. The van der Waals surface area contributed by atoms with Crippen LogP contribution in [0.4, 0.5) is 0 Å². The maximum atomic E-state index is 12.4. The van der Waals surface area contributed by atoms with Crippen molar-refractivity contribution in [1.82, 2.24) is 4.90 Å². The average Bonchev–Trinajstić information content (AvgIpc) is 2.93. The standard InChI is InChI=1S/C37H67NO2/c1-5-7-9-11-13-15-17-19-20-22-24-26-28-30-33-36(40-37(39)34-31-35-38(3)4)32-29-27-25-23-21-18-16-14-12-10-8-6-2/h8-11,14-17,36H,5-7,12-13,18-35H2,1-4H3/b10-8-,11-9-,16-14+,17-15-. The first-order valence-electron chi connectivity index (χ1n) is 17.0. The molecule has 0 saturated carbocycles. The SMILES string of the molecule is CC/C=C\C/C=C/CCCCCCCC(CCCCCCCC/C=C\C/C=C\CCC)OC(=O)CCCN(C)C. The first-order valence-corrected chi connectivity index (χ1v) is 17.0. The van der Waals surface area contributed by atoms with Crippen molar-refractivity contribution in [3.05, 3.63) is 48.6 Å². The molecule has 1 unspecified atom stereocenters. The summed E-state index contributed by atoms with van der Waals surface area (Å²) in [6.45, 7) is 5.34. The number of hydrogen-bond donors (Lipinski definition) is 0. The third-order valence-corrected chi connectivity index (χ3v) is 7.23. The van der Waals surface area contributed by atoms with Crippen LogP contribution in [0.3, 0.4) is 0 Å². The van der Waals surface area contributed by atoms with Gasteiger partial charge in [-0.2, -0.15) is 0 Å². The Morgan fingerprint density at radius 3 is 1.57 bits per heavy atom. The maximum Gasteiger partial charge on any atom is 0.306 e. The molecule has 0 heterocycles. The highest BCUT2D eigenvalue weighted by molar-refractivity contribution is 5.69. The van der Waals surface area contributed by atoms with Crippen LogP contribution in [0.5, 0.6) is 0 Å².